The van der Waals surface area contributed by atoms with E-state index in [-0.39, 0.29) is 43.9 Å². The largest absolute Gasteiger partial charge is 0.444 e. The van der Waals surface area contributed by atoms with Gasteiger partial charge in [0.1, 0.15) is 23.3 Å². The maximum atomic E-state index is 13.9. The molecule has 1 aromatic carbocycles. The van der Waals surface area contributed by atoms with E-state index in [1.165, 1.54) is 9.80 Å². The Morgan fingerprint density at radius 1 is 1.06 bits per heavy atom. The molecule has 1 fully saturated rings. The summed E-state index contributed by atoms with van der Waals surface area (Å²) in [5.74, 6) is -1.01. The number of hydrogen-bond donors (Lipinski definition) is 2. The number of amides is 3. The molecule has 14 nitrogen and oxygen atoms in total. The van der Waals surface area contributed by atoms with E-state index in [4.69, 9.17) is 23.5 Å². The third kappa shape index (κ3) is 12.3. The number of aryl methyl sites for hydroxylation is 2. The van der Waals surface area contributed by atoms with Crippen molar-refractivity contribution in [3.8, 4) is 10.4 Å². The lowest BCUT2D eigenvalue weighted by Gasteiger charge is -2.30. The average Bonchev–Trinajstić information content (AvgIpc) is 3.83. The SMILES string of the molecule is Cc1cc(C(C(=O)N2C[C@H](O)C[C@H]2C(=O)NC(COCCOCCOCCN(C)C(=O)OC(C)(C)C)c2ccc(-c3scnc3C)cc2)C(C)C)on1. The highest BCUT2D eigenvalue weighted by atomic mass is 32.1. The number of ether oxygens (including phenoxy) is 4. The van der Waals surface area contributed by atoms with Crippen LogP contribution in [-0.4, -0.2) is 120 Å². The number of benzene rings is 1. The van der Waals surface area contributed by atoms with Crippen LogP contribution in [0.15, 0.2) is 40.4 Å². The molecule has 4 atom stereocenters. The molecule has 1 aliphatic heterocycles. The lowest BCUT2D eigenvalue weighted by Crippen LogP contribution is -2.49. The van der Waals surface area contributed by atoms with Crippen LogP contribution in [-0.2, 0) is 28.5 Å². The van der Waals surface area contributed by atoms with Gasteiger partial charge < -0.3 is 43.7 Å². The Kier molecular flexibility index (Phi) is 15.4. The van der Waals surface area contributed by atoms with Crippen LogP contribution >= 0.6 is 11.3 Å². The summed E-state index contributed by atoms with van der Waals surface area (Å²) in [6.07, 6.45) is -1.14. The van der Waals surface area contributed by atoms with Gasteiger partial charge in [0.05, 0.1) is 73.6 Å². The van der Waals surface area contributed by atoms with Crippen molar-refractivity contribution in [1.29, 1.82) is 0 Å². The highest BCUT2D eigenvalue weighted by molar-refractivity contribution is 7.13. The first-order chi connectivity index (χ1) is 25.1. The Morgan fingerprint density at radius 3 is 2.30 bits per heavy atom. The molecule has 53 heavy (non-hydrogen) atoms. The summed E-state index contributed by atoms with van der Waals surface area (Å²) < 4.78 is 28.1. The van der Waals surface area contributed by atoms with E-state index in [0.29, 0.717) is 44.4 Å². The second kappa shape index (κ2) is 19.4. The molecule has 3 heterocycles. The van der Waals surface area contributed by atoms with E-state index in [1.807, 2.05) is 71.3 Å². The Morgan fingerprint density at radius 2 is 1.72 bits per heavy atom. The van der Waals surface area contributed by atoms with Crippen LogP contribution in [0.25, 0.3) is 10.4 Å². The predicted molar refractivity (Wildman–Crippen MR) is 199 cm³/mol. The normalized spacial score (nSPS) is 17.2. The summed E-state index contributed by atoms with van der Waals surface area (Å²) in [6, 6.07) is 8.19. The molecule has 1 aliphatic rings. The molecular formula is C38H55N5O9S. The number of aliphatic hydroxyl groups excluding tert-OH is 1. The molecule has 0 radical (unpaired) electrons. The maximum Gasteiger partial charge on any atom is 0.410 e. The van der Waals surface area contributed by atoms with Crippen LogP contribution in [0.3, 0.4) is 0 Å². The first kappa shape index (κ1) is 41.9. The molecule has 4 rings (SSSR count). The Balaban J connectivity index is 1.33. The molecule has 2 aromatic heterocycles. The third-order valence-corrected chi connectivity index (χ3v) is 9.67. The number of hydrogen-bond acceptors (Lipinski definition) is 12. The van der Waals surface area contributed by atoms with Crippen molar-refractivity contribution in [2.75, 3.05) is 59.8 Å². The molecule has 0 saturated carbocycles. The fourth-order valence-corrected chi connectivity index (χ4v) is 6.77. The Hall–Kier alpha value is -3.89. The van der Waals surface area contributed by atoms with Gasteiger partial charge in [0, 0.05) is 32.6 Å². The van der Waals surface area contributed by atoms with Crippen molar-refractivity contribution >= 4 is 29.2 Å². The van der Waals surface area contributed by atoms with Gasteiger partial charge in [-0.25, -0.2) is 9.78 Å². The minimum Gasteiger partial charge on any atom is -0.444 e. The van der Waals surface area contributed by atoms with Crippen LogP contribution in [0, 0.1) is 19.8 Å². The van der Waals surface area contributed by atoms with Gasteiger partial charge in [-0.2, -0.15) is 0 Å². The van der Waals surface area contributed by atoms with E-state index < -0.39 is 35.8 Å². The zero-order valence-electron chi connectivity index (χ0n) is 32.1. The molecule has 15 heteroatoms. The van der Waals surface area contributed by atoms with E-state index in [1.54, 1.807) is 31.4 Å². The summed E-state index contributed by atoms with van der Waals surface area (Å²) in [5.41, 5.74) is 4.70. The number of thiazole rings is 1. The van der Waals surface area contributed by atoms with Gasteiger partial charge in [0.25, 0.3) is 0 Å². The molecule has 0 spiro atoms. The number of likely N-dealkylation sites (tertiary alicyclic amines) is 1. The molecule has 292 valence electrons. The van der Waals surface area contributed by atoms with Gasteiger partial charge in [0.2, 0.25) is 11.8 Å². The van der Waals surface area contributed by atoms with Crippen LogP contribution in [0.4, 0.5) is 4.79 Å². The Bertz CT molecular complexity index is 1620. The topological polar surface area (TPSA) is 166 Å². The first-order valence-electron chi connectivity index (χ1n) is 18.0. The number of aromatic nitrogens is 2. The second-order valence-corrected chi connectivity index (χ2v) is 15.5. The van der Waals surface area contributed by atoms with Crippen LogP contribution < -0.4 is 5.32 Å². The monoisotopic (exact) mass is 757 g/mol. The van der Waals surface area contributed by atoms with E-state index >= 15 is 0 Å². The minimum absolute atomic E-state index is 0.0405. The average molecular weight is 758 g/mol. The molecule has 1 saturated heterocycles. The quantitative estimate of drug-likeness (QED) is 0.170. The lowest BCUT2D eigenvalue weighted by molar-refractivity contribution is -0.141. The van der Waals surface area contributed by atoms with E-state index in [2.05, 4.69) is 15.5 Å². The van der Waals surface area contributed by atoms with Crippen LogP contribution in [0.1, 0.15) is 75.7 Å². The van der Waals surface area contributed by atoms with Gasteiger partial charge in [-0.05, 0) is 51.7 Å². The van der Waals surface area contributed by atoms with Crippen molar-refractivity contribution in [2.24, 2.45) is 5.92 Å². The fourth-order valence-electron chi connectivity index (χ4n) is 5.96. The smallest absolute Gasteiger partial charge is 0.410 e. The lowest BCUT2D eigenvalue weighted by atomic mass is 9.91. The number of aliphatic hydroxyl groups is 1. The van der Waals surface area contributed by atoms with Gasteiger partial charge >= 0.3 is 6.09 Å². The molecule has 3 amide bonds. The second-order valence-electron chi connectivity index (χ2n) is 14.6. The summed E-state index contributed by atoms with van der Waals surface area (Å²) in [5, 5.41) is 17.7. The van der Waals surface area contributed by atoms with Gasteiger partial charge in [-0.15, -0.1) is 11.3 Å². The van der Waals surface area contributed by atoms with E-state index in [0.717, 1.165) is 21.7 Å². The molecular weight excluding hydrogens is 703 g/mol. The number of carbonyl (C=O) groups excluding carboxylic acids is 3. The molecule has 0 bridgehead atoms. The maximum absolute atomic E-state index is 13.9. The van der Waals surface area contributed by atoms with Crippen molar-refractivity contribution in [1.82, 2.24) is 25.3 Å². The highest BCUT2D eigenvalue weighted by Crippen LogP contribution is 2.32. The summed E-state index contributed by atoms with van der Waals surface area (Å²) in [4.78, 5) is 48.3. The number of nitrogens with zero attached hydrogens (tertiary/aromatic N) is 4. The van der Waals surface area contributed by atoms with Gasteiger partial charge in [-0.1, -0.05) is 43.3 Å². The van der Waals surface area contributed by atoms with Crippen molar-refractivity contribution in [3.05, 3.63) is 58.6 Å². The Labute approximate surface area is 316 Å². The van der Waals surface area contributed by atoms with Crippen LogP contribution in [0.5, 0.6) is 0 Å². The zero-order chi connectivity index (χ0) is 38.7. The third-order valence-electron chi connectivity index (χ3n) is 8.69. The first-order valence-corrected chi connectivity index (χ1v) is 18.9. The molecule has 0 aliphatic carbocycles. The summed E-state index contributed by atoms with van der Waals surface area (Å²) >= 11 is 1.56. The van der Waals surface area contributed by atoms with E-state index in [9.17, 15) is 19.5 Å². The van der Waals surface area contributed by atoms with Crippen molar-refractivity contribution in [2.45, 2.75) is 84.6 Å². The summed E-state index contributed by atoms with van der Waals surface area (Å²) in [7, 11) is 1.66. The minimum atomic E-state index is -0.878. The standard InChI is InChI=1S/C38H55N5O9S/c1-24(2)33(32-19-25(3)41-52-32)36(46)43-21-29(44)20-31(43)35(45)40-30(27-9-11-28(12-10-27)34-26(4)39-23-53-34)22-50-18-17-49-16-15-48-14-13-42(8)37(47)51-38(5,6)7/h9-12,19,23-24,29-31,33,44H,13-18,20-22H2,1-8H3,(H,40,45)/t29-,30?,31+,33?/m1/s1. The molecule has 2 N–H and O–H groups in total. The van der Waals surface area contributed by atoms with Gasteiger partial charge in [0.15, 0.2) is 0 Å². The number of likely N-dealkylation sites (N-methyl/N-ethyl adjacent to an activating group) is 1. The number of rotatable bonds is 18. The highest BCUT2D eigenvalue weighted by Gasteiger charge is 2.43. The molecule has 2 unspecified atom stereocenters. The number of carbonyl (C=O) groups is 3. The zero-order valence-corrected chi connectivity index (χ0v) is 32.9. The van der Waals surface area contributed by atoms with Crippen molar-refractivity contribution < 1.29 is 43.0 Å². The fraction of sp³-hybridized carbons (Fsp3) is 0.605. The predicted octanol–water partition coefficient (Wildman–Crippen LogP) is 4.89. The van der Waals surface area contributed by atoms with Gasteiger partial charge in [-0.3, -0.25) is 9.59 Å². The van der Waals surface area contributed by atoms with Crippen molar-refractivity contribution in [3.63, 3.8) is 0 Å². The molecule has 3 aromatic rings. The van der Waals surface area contributed by atoms with Crippen LogP contribution in [0.2, 0.25) is 0 Å². The number of β-amino-alcohol motifs (C(OH)–C–C–N with tert-alkyl or cyclic N) is 1. The number of nitrogens with one attached hydrogen (secondary N) is 1. The summed E-state index contributed by atoms with van der Waals surface area (Å²) in [6.45, 7) is 15.2.